The Hall–Kier alpha value is -2.56. The van der Waals surface area contributed by atoms with Crippen molar-refractivity contribution in [3.05, 3.63) is 65.2 Å². The number of unbranched alkanes of at least 4 members (excludes halogenated alkanes) is 2. The van der Waals surface area contributed by atoms with E-state index >= 15 is 0 Å². The molecular weight excluding hydrogens is 375 g/mol. The molecule has 2 nitrogen and oxygen atoms in total. The number of alkyl halides is 3. The normalized spacial score (nSPS) is 11.8. The van der Waals surface area contributed by atoms with Gasteiger partial charge in [-0.05, 0) is 36.1 Å². The lowest BCUT2D eigenvalue weighted by Crippen LogP contribution is -2.25. The van der Waals surface area contributed by atoms with E-state index in [0.29, 0.717) is 0 Å². The number of carbonyl (C=O) groups is 1. The molecule has 156 valence electrons. The van der Waals surface area contributed by atoms with E-state index in [9.17, 15) is 18.0 Å². The van der Waals surface area contributed by atoms with Crippen LogP contribution >= 0.6 is 0 Å². The van der Waals surface area contributed by atoms with Crippen LogP contribution in [0.15, 0.2) is 48.5 Å². The molecular formula is C24H28F3NO. The lowest BCUT2D eigenvalue weighted by atomic mass is 10.1. The number of nitrogens with zero attached hydrogens (tertiary/aromatic N) is 1. The van der Waals surface area contributed by atoms with Gasteiger partial charge >= 0.3 is 6.18 Å². The fourth-order valence-electron chi connectivity index (χ4n) is 2.97. The van der Waals surface area contributed by atoms with Gasteiger partial charge in [-0.15, -0.1) is 0 Å². The average molecular weight is 403 g/mol. The first-order valence-electron chi connectivity index (χ1n) is 10.1. The zero-order chi connectivity index (χ0) is 21.3. The van der Waals surface area contributed by atoms with E-state index in [-0.39, 0.29) is 5.56 Å². The molecule has 0 saturated carbocycles. The molecule has 2 aromatic carbocycles. The molecule has 0 fully saturated rings. The molecule has 0 aliphatic carbocycles. The minimum Gasteiger partial charge on any atom is -0.372 e. The van der Waals surface area contributed by atoms with Crippen LogP contribution in [0.4, 0.5) is 18.9 Å². The smallest absolute Gasteiger partial charge is 0.372 e. The van der Waals surface area contributed by atoms with Gasteiger partial charge in [0.15, 0.2) is 0 Å². The van der Waals surface area contributed by atoms with Crippen molar-refractivity contribution in [3.8, 4) is 0 Å². The fraction of sp³-hybridized carbons (Fsp3) is 0.375. The number of rotatable bonds is 10. The summed E-state index contributed by atoms with van der Waals surface area (Å²) in [6, 6.07) is 13.7. The van der Waals surface area contributed by atoms with Crippen LogP contribution in [0, 0.1) is 0 Å². The van der Waals surface area contributed by atoms with E-state index in [2.05, 4.69) is 30.9 Å². The van der Waals surface area contributed by atoms with Crippen molar-refractivity contribution in [2.75, 3.05) is 18.0 Å². The second-order valence-electron chi connectivity index (χ2n) is 7.07. The maximum Gasteiger partial charge on any atom is 0.454 e. The highest BCUT2D eigenvalue weighted by atomic mass is 19.4. The molecule has 2 aromatic rings. The van der Waals surface area contributed by atoms with Crippen molar-refractivity contribution in [2.24, 2.45) is 0 Å². The number of anilines is 1. The van der Waals surface area contributed by atoms with Crippen LogP contribution in [0.1, 0.15) is 61.0 Å². The van der Waals surface area contributed by atoms with E-state index in [0.717, 1.165) is 49.9 Å². The summed E-state index contributed by atoms with van der Waals surface area (Å²) in [7, 11) is 0. The van der Waals surface area contributed by atoms with Gasteiger partial charge in [0.25, 0.3) is 5.78 Å². The molecule has 0 radical (unpaired) electrons. The maximum atomic E-state index is 12.5. The number of hydrogen-bond donors (Lipinski definition) is 0. The van der Waals surface area contributed by atoms with E-state index in [1.54, 1.807) is 0 Å². The van der Waals surface area contributed by atoms with Gasteiger partial charge in [-0.2, -0.15) is 13.2 Å². The Morgan fingerprint density at radius 1 is 0.828 bits per heavy atom. The summed E-state index contributed by atoms with van der Waals surface area (Å²) in [5.41, 5.74) is 2.60. The van der Waals surface area contributed by atoms with Crippen LogP contribution in [0.5, 0.6) is 0 Å². The minimum absolute atomic E-state index is 0.349. The van der Waals surface area contributed by atoms with Crippen LogP contribution < -0.4 is 4.90 Å². The van der Waals surface area contributed by atoms with Crippen molar-refractivity contribution < 1.29 is 18.0 Å². The Morgan fingerprint density at radius 2 is 1.28 bits per heavy atom. The number of carbonyl (C=O) groups excluding carboxylic acids is 1. The monoisotopic (exact) mass is 403 g/mol. The highest BCUT2D eigenvalue weighted by Gasteiger charge is 2.39. The molecule has 5 heteroatoms. The van der Waals surface area contributed by atoms with Crippen molar-refractivity contribution in [2.45, 2.75) is 45.7 Å². The van der Waals surface area contributed by atoms with Crippen LogP contribution in [0.2, 0.25) is 0 Å². The molecule has 0 amide bonds. The third-order valence-corrected chi connectivity index (χ3v) is 4.72. The zero-order valence-corrected chi connectivity index (χ0v) is 17.0. The van der Waals surface area contributed by atoms with Gasteiger partial charge in [0.2, 0.25) is 0 Å². The van der Waals surface area contributed by atoms with Crippen molar-refractivity contribution in [1.29, 1.82) is 0 Å². The molecule has 0 aliphatic rings. The molecule has 0 unspecified atom stereocenters. The van der Waals surface area contributed by atoms with Gasteiger partial charge in [0.1, 0.15) is 0 Å². The summed E-state index contributed by atoms with van der Waals surface area (Å²) in [4.78, 5) is 13.6. The second kappa shape index (κ2) is 10.8. The zero-order valence-electron chi connectivity index (χ0n) is 17.0. The van der Waals surface area contributed by atoms with Gasteiger partial charge in [-0.25, -0.2) is 0 Å². The predicted octanol–water partition coefficient (Wildman–Crippen LogP) is 7.01. The molecule has 0 aliphatic heterocycles. The van der Waals surface area contributed by atoms with Crippen molar-refractivity contribution >= 4 is 23.6 Å². The van der Waals surface area contributed by atoms with Crippen LogP contribution in [-0.4, -0.2) is 25.0 Å². The van der Waals surface area contributed by atoms with E-state index in [1.807, 2.05) is 24.3 Å². The number of hydrogen-bond acceptors (Lipinski definition) is 2. The number of ketones is 1. The third-order valence-electron chi connectivity index (χ3n) is 4.72. The van der Waals surface area contributed by atoms with Crippen molar-refractivity contribution in [1.82, 2.24) is 0 Å². The second-order valence-corrected chi connectivity index (χ2v) is 7.07. The number of halogens is 3. The third kappa shape index (κ3) is 7.08. The lowest BCUT2D eigenvalue weighted by molar-refractivity contribution is -0.0885. The SMILES string of the molecule is CCCCN(CCCC)c1ccc(/C=C/c2ccc(C(=O)C(F)(F)F)cc2)cc1. The van der Waals surface area contributed by atoms with Gasteiger partial charge in [0.05, 0.1) is 0 Å². The quantitative estimate of drug-likeness (QED) is 0.314. The highest BCUT2D eigenvalue weighted by Crippen LogP contribution is 2.22. The Bertz CT molecular complexity index is 784. The molecule has 29 heavy (non-hydrogen) atoms. The van der Waals surface area contributed by atoms with Gasteiger partial charge in [0, 0.05) is 24.3 Å². The molecule has 2 rings (SSSR count). The molecule has 0 atom stereocenters. The van der Waals surface area contributed by atoms with Gasteiger partial charge in [-0.3, -0.25) is 4.79 Å². The van der Waals surface area contributed by atoms with Gasteiger partial charge in [-0.1, -0.05) is 75.2 Å². The van der Waals surface area contributed by atoms with E-state index < -0.39 is 12.0 Å². The Balaban J connectivity index is 2.04. The largest absolute Gasteiger partial charge is 0.454 e. The summed E-state index contributed by atoms with van der Waals surface area (Å²) in [5, 5.41) is 0. The van der Waals surface area contributed by atoms with Crippen LogP contribution in [0.3, 0.4) is 0 Å². The average Bonchev–Trinajstić information content (AvgIpc) is 2.72. The molecule has 0 bridgehead atoms. The summed E-state index contributed by atoms with van der Waals surface area (Å²) in [6.45, 7) is 6.48. The molecule has 0 heterocycles. The summed E-state index contributed by atoms with van der Waals surface area (Å²) in [5.74, 6) is -1.82. The summed E-state index contributed by atoms with van der Waals surface area (Å²) < 4.78 is 37.4. The molecule has 0 saturated heterocycles. The fourth-order valence-corrected chi connectivity index (χ4v) is 2.97. The predicted molar refractivity (Wildman–Crippen MR) is 114 cm³/mol. The number of benzene rings is 2. The highest BCUT2D eigenvalue weighted by molar-refractivity contribution is 6.00. The Labute approximate surface area is 171 Å². The minimum atomic E-state index is -4.85. The van der Waals surface area contributed by atoms with Gasteiger partial charge < -0.3 is 4.90 Å². The topological polar surface area (TPSA) is 20.3 Å². The standard InChI is InChI=1S/C24H28F3NO/c1-3-5-17-28(18-6-4-2)22-15-11-20(12-16-22)8-7-19-9-13-21(14-10-19)23(29)24(25,26)27/h7-16H,3-6,17-18H2,1-2H3/b8-7+. The van der Waals surface area contributed by atoms with Crippen LogP contribution in [0.25, 0.3) is 12.2 Å². The van der Waals surface area contributed by atoms with Crippen LogP contribution in [-0.2, 0) is 0 Å². The maximum absolute atomic E-state index is 12.5. The summed E-state index contributed by atoms with van der Waals surface area (Å²) in [6.07, 6.45) is 3.54. The lowest BCUT2D eigenvalue weighted by Gasteiger charge is -2.24. The first-order valence-corrected chi connectivity index (χ1v) is 10.1. The Morgan fingerprint density at radius 3 is 1.69 bits per heavy atom. The first kappa shape index (κ1) is 22.7. The first-order chi connectivity index (χ1) is 13.8. The molecule has 0 spiro atoms. The van der Waals surface area contributed by atoms with E-state index in [4.69, 9.17) is 0 Å². The number of Topliss-reactive ketones (excluding diaryl/α,β-unsaturated/α-hetero) is 1. The Kier molecular flexibility index (Phi) is 8.50. The summed E-state index contributed by atoms with van der Waals surface area (Å²) >= 11 is 0. The molecule has 0 N–H and O–H groups in total. The van der Waals surface area contributed by atoms with E-state index in [1.165, 1.54) is 30.0 Å². The van der Waals surface area contributed by atoms with Crippen molar-refractivity contribution in [3.63, 3.8) is 0 Å². The molecule has 0 aromatic heterocycles.